The van der Waals surface area contributed by atoms with Crippen molar-refractivity contribution in [1.29, 1.82) is 5.26 Å². The van der Waals surface area contributed by atoms with Gasteiger partial charge in [-0.2, -0.15) is 10.4 Å². The Labute approximate surface area is 173 Å². The van der Waals surface area contributed by atoms with Crippen LogP contribution in [0.25, 0.3) is 11.1 Å². The molecule has 0 bridgehead atoms. The van der Waals surface area contributed by atoms with Gasteiger partial charge in [0.25, 0.3) is 0 Å². The highest BCUT2D eigenvalue weighted by Crippen LogP contribution is 2.39. The molecule has 2 heterocycles. The van der Waals surface area contributed by atoms with Crippen LogP contribution in [0.5, 0.6) is 5.75 Å². The zero-order valence-corrected chi connectivity index (χ0v) is 17.3. The van der Waals surface area contributed by atoms with Crippen LogP contribution in [0.4, 0.5) is 10.5 Å². The van der Waals surface area contributed by atoms with E-state index in [1.54, 1.807) is 50.0 Å². The van der Waals surface area contributed by atoms with Crippen molar-refractivity contribution in [2.45, 2.75) is 38.3 Å². The van der Waals surface area contributed by atoms with Crippen molar-refractivity contribution in [2.75, 3.05) is 20.2 Å². The number of nitro benzene ring substituents is 1. The van der Waals surface area contributed by atoms with E-state index in [-0.39, 0.29) is 30.9 Å². The fraction of sp³-hybridized carbons (Fsp3) is 0.450. The fourth-order valence-corrected chi connectivity index (χ4v) is 3.44. The highest BCUT2D eigenvalue weighted by Gasteiger charge is 2.48. The summed E-state index contributed by atoms with van der Waals surface area (Å²) in [5, 5.41) is 25.0. The van der Waals surface area contributed by atoms with E-state index in [0.29, 0.717) is 11.1 Å². The molecule has 158 valence electrons. The molecule has 1 aliphatic rings. The fourth-order valence-electron chi connectivity index (χ4n) is 3.44. The molecule has 0 saturated carbocycles. The van der Waals surface area contributed by atoms with E-state index < -0.39 is 22.2 Å². The van der Waals surface area contributed by atoms with E-state index in [0.717, 1.165) is 0 Å². The van der Waals surface area contributed by atoms with Gasteiger partial charge in [-0.05, 0) is 20.8 Å². The van der Waals surface area contributed by atoms with Crippen molar-refractivity contribution in [3.63, 3.8) is 0 Å². The predicted molar refractivity (Wildman–Crippen MR) is 107 cm³/mol. The largest absolute Gasteiger partial charge is 0.490 e. The van der Waals surface area contributed by atoms with Crippen LogP contribution in [-0.2, 0) is 10.3 Å². The summed E-state index contributed by atoms with van der Waals surface area (Å²) in [4.78, 5) is 24.6. The molecule has 10 heteroatoms. The van der Waals surface area contributed by atoms with Crippen molar-refractivity contribution in [2.24, 2.45) is 0 Å². The van der Waals surface area contributed by atoms with E-state index in [2.05, 4.69) is 11.2 Å². The highest BCUT2D eigenvalue weighted by atomic mass is 16.6. The van der Waals surface area contributed by atoms with E-state index >= 15 is 0 Å². The number of carbonyl (C=O) groups excluding carboxylic acids is 1. The number of amides is 1. The van der Waals surface area contributed by atoms with Gasteiger partial charge in [0.15, 0.2) is 0 Å². The third kappa shape index (κ3) is 3.91. The molecule has 2 aromatic rings. The molecule has 1 amide bonds. The summed E-state index contributed by atoms with van der Waals surface area (Å²) in [5.41, 5.74) is -0.300. The topological polar surface area (TPSA) is 124 Å². The van der Waals surface area contributed by atoms with Crippen LogP contribution < -0.4 is 4.74 Å². The number of nitriles is 1. The number of nitrogens with zero attached hydrogens (tertiary/aromatic N) is 5. The lowest BCUT2D eigenvalue weighted by atomic mass is 9.87. The summed E-state index contributed by atoms with van der Waals surface area (Å²) in [6.45, 7) is 5.93. The molecule has 10 nitrogen and oxygen atoms in total. The lowest BCUT2D eigenvalue weighted by Crippen LogP contribution is -2.64. The van der Waals surface area contributed by atoms with Crippen LogP contribution in [0.15, 0.2) is 30.6 Å². The maximum absolute atomic E-state index is 12.3. The van der Waals surface area contributed by atoms with Gasteiger partial charge >= 0.3 is 11.8 Å². The highest BCUT2D eigenvalue weighted by molar-refractivity contribution is 5.75. The van der Waals surface area contributed by atoms with Gasteiger partial charge < -0.3 is 14.4 Å². The van der Waals surface area contributed by atoms with Crippen LogP contribution in [0.3, 0.4) is 0 Å². The molecule has 1 aliphatic heterocycles. The monoisotopic (exact) mass is 413 g/mol. The van der Waals surface area contributed by atoms with Gasteiger partial charge in [-0.25, -0.2) is 4.79 Å². The second kappa shape index (κ2) is 7.67. The summed E-state index contributed by atoms with van der Waals surface area (Å²) in [7, 11) is 1.37. The van der Waals surface area contributed by atoms with Crippen molar-refractivity contribution >= 4 is 11.8 Å². The van der Waals surface area contributed by atoms with Crippen LogP contribution >= 0.6 is 0 Å². The Bertz CT molecular complexity index is 1010. The van der Waals surface area contributed by atoms with Gasteiger partial charge in [-0.1, -0.05) is 12.1 Å². The Hall–Kier alpha value is -3.61. The number of rotatable bonds is 5. The standard InChI is InChI=1S/C20H23N5O5/c1-19(2,3)30-18(26)23-12-20(13-23,8-9-21)24-11-14(10-22-24)15-6-5-7-16(25(27)28)17(15)29-4/h5-7,10-11H,8,12-13H2,1-4H3. The summed E-state index contributed by atoms with van der Waals surface area (Å²) in [6.07, 6.45) is 2.99. The smallest absolute Gasteiger partial charge is 0.410 e. The minimum atomic E-state index is -0.683. The Kier molecular flexibility index (Phi) is 5.39. The van der Waals surface area contributed by atoms with E-state index in [1.807, 2.05) is 0 Å². The van der Waals surface area contributed by atoms with E-state index in [4.69, 9.17) is 9.47 Å². The van der Waals surface area contributed by atoms with Crippen molar-refractivity contribution < 1.29 is 19.2 Å². The molecule has 1 saturated heterocycles. The number of benzene rings is 1. The maximum atomic E-state index is 12.3. The molecule has 3 rings (SSSR count). The van der Waals surface area contributed by atoms with Crippen molar-refractivity contribution in [3.05, 3.63) is 40.7 Å². The van der Waals surface area contributed by atoms with Crippen molar-refractivity contribution in [3.8, 4) is 22.9 Å². The predicted octanol–water partition coefficient (Wildman–Crippen LogP) is 3.33. The van der Waals surface area contributed by atoms with Crippen LogP contribution in [0.1, 0.15) is 27.2 Å². The molecule has 0 unspecified atom stereocenters. The lowest BCUT2D eigenvalue weighted by Gasteiger charge is -2.48. The van der Waals surface area contributed by atoms with Crippen LogP contribution in [0, 0.1) is 21.4 Å². The molecule has 1 aromatic carbocycles. The first-order chi connectivity index (χ1) is 14.1. The van der Waals surface area contributed by atoms with Gasteiger partial charge in [-0.3, -0.25) is 14.8 Å². The molecular formula is C20H23N5O5. The molecule has 0 N–H and O–H groups in total. The third-order valence-electron chi connectivity index (χ3n) is 4.80. The van der Waals surface area contributed by atoms with Crippen LogP contribution in [0.2, 0.25) is 0 Å². The van der Waals surface area contributed by atoms with Crippen LogP contribution in [-0.4, -0.2) is 51.5 Å². The molecule has 1 fully saturated rings. The summed E-state index contributed by atoms with van der Waals surface area (Å²) >= 11 is 0. The first kappa shape index (κ1) is 21.1. The zero-order valence-electron chi connectivity index (χ0n) is 17.3. The second-order valence-electron chi connectivity index (χ2n) is 8.18. The lowest BCUT2D eigenvalue weighted by molar-refractivity contribution is -0.385. The van der Waals surface area contributed by atoms with Gasteiger partial charge in [0.1, 0.15) is 11.1 Å². The average molecular weight is 413 g/mol. The number of carbonyl (C=O) groups is 1. The Balaban J connectivity index is 1.88. The second-order valence-corrected chi connectivity index (χ2v) is 8.18. The molecule has 0 aliphatic carbocycles. The first-order valence-corrected chi connectivity index (χ1v) is 9.32. The zero-order chi connectivity index (χ0) is 22.1. The van der Waals surface area contributed by atoms with Gasteiger partial charge in [0.05, 0.1) is 43.8 Å². The quantitative estimate of drug-likeness (QED) is 0.544. The molecule has 1 aromatic heterocycles. The molecule has 30 heavy (non-hydrogen) atoms. The number of ether oxygens (including phenoxy) is 2. The van der Waals surface area contributed by atoms with Crippen molar-refractivity contribution in [1.82, 2.24) is 14.7 Å². The molecular weight excluding hydrogens is 390 g/mol. The minimum Gasteiger partial charge on any atom is -0.490 e. The number of aromatic nitrogens is 2. The number of methoxy groups -OCH3 is 1. The third-order valence-corrected chi connectivity index (χ3v) is 4.80. The Morgan fingerprint density at radius 1 is 1.40 bits per heavy atom. The maximum Gasteiger partial charge on any atom is 0.410 e. The molecule has 0 radical (unpaired) electrons. The molecule has 0 spiro atoms. The van der Waals surface area contributed by atoms with Gasteiger partial charge in [0, 0.05) is 23.4 Å². The van der Waals surface area contributed by atoms with Gasteiger partial charge in [-0.15, -0.1) is 0 Å². The first-order valence-electron chi connectivity index (χ1n) is 9.32. The number of likely N-dealkylation sites (tertiary alicyclic amines) is 1. The number of hydrogen-bond acceptors (Lipinski definition) is 7. The van der Waals surface area contributed by atoms with E-state index in [1.165, 1.54) is 18.1 Å². The average Bonchev–Trinajstić information content (AvgIpc) is 3.12. The minimum absolute atomic E-state index is 0.139. The number of hydrogen-bond donors (Lipinski definition) is 0. The SMILES string of the molecule is COc1c(-c2cnn(C3(CC#N)CN(C(=O)OC(C)(C)C)C3)c2)cccc1[N+](=O)[O-]. The normalized spacial score (nSPS) is 15.1. The van der Waals surface area contributed by atoms with E-state index in [9.17, 15) is 20.2 Å². The van der Waals surface area contributed by atoms with Gasteiger partial charge in [0.2, 0.25) is 5.75 Å². The Morgan fingerprint density at radius 3 is 2.67 bits per heavy atom. The molecule has 0 atom stereocenters. The summed E-state index contributed by atoms with van der Waals surface area (Å²) in [5.74, 6) is 0.139. The summed E-state index contributed by atoms with van der Waals surface area (Å²) in [6, 6.07) is 6.81. The summed E-state index contributed by atoms with van der Waals surface area (Å²) < 4.78 is 12.3. The number of para-hydroxylation sites is 1. The Morgan fingerprint density at radius 2 is 2.10 bits per heavy atom. The number of nitro groups is 1.